The molecule has 0 aliphatic carbocycles. The predicted octanol–water partition coefficient (Wildman–Crippen LogP) is -0.680. The fourth-order valence-electron chi connectivity index (χ4n) is 0.757. The van der Waals surface area contributed by atoms with E-state index in [1.807, 2.05) is 12.1 Å². The van der Waals surface area contributed by atoms with Gasteiger partial charge in [0.25, 0.3) is 0 Å². The maximum atomic E-state index is 10.5. The molecule has 0 spiro atoms. The fourth-order valence-corrected chi connectivity index (χ4v) is 1.13. The highest BCUT2D eigenvalue weighted by Crippen LogP contribution is 1.84. The van der Waals surface area contributed by atoms with Gasteiger partial charge in [-0.05, 0) is 12.1 Å². The molecule has 0 bridgehead atoms. The van der Waals surface area contributed by atoms with Gasteiger partial charge in [-0.3, -0.25) is 4.68 Å². The van der Waals surface area contributed by atoms with Crippen LogP contribution in [0, 0.1) is 0 Å². The SMILES string of the molecule is NS(=O)(=O)CCNn1cccc1. The topological polar surface area (TPSA) is 77.1 Å². The molecule has 3 N–H and O–H groups in total. The summed E-state index contributed by atoms with van der Waals surface area (Å²) in [6.45, 7) is 0.313. The van der Waals surface area contributed by atoms with Crippen LogP contribution in [-0.2, 0) is 10.0 Å². The minimum absolute atomic E-state index is 0.0643. The third-order valence-electron chi connectivity index (χ3n) is 1.29. The zero-order chi connectivity index (χ0) is 9.03. The Morgan fingerprint density at radius 1 is 1.33 bits per heavy atom. The van der Waals surface area contributed by atoms with Gasteiger partial charge in [-0.25, -0.2) is 13.6 Å². The van der Waals surface area contributed by atoms with Crippen LogP contribution in [-0.4, -0.2) is 25.4 Å². The van der Waals surface area contributed by atoms with Crippen LogP contribution in [0.25, 0.3) is 0 Å². The fraction of sp³-hybridized carbons (Fsp3) is 0.333. The molecule has 68 valence electrons. The van der Waals surface area contributed by atoms with E-state index in [-0.39, 0.29) is 5.75 Å². The molecule has 0 radical (unpaired) electrons. The van der Waals surface area contributed by atoms with Gasteiger partial charge in [-0.2, -0.15) is 0 Å². The van der Waals surface area contributed by atoms with Gasteiger partial charge in [0.1, 0.15) is 0 Å². The van der Waals surface area contributed by atoms with Crippen LogP contribution >= 0.6 is 0 Å². The van der Waals surface area contributed by atoms with Crippen molar-refractivity contribution >= 4 is 10.0 Å². The van der Waals surface area contributed by atoms with E-state index in [1.54, 1.807) is 17.1 Å². The molecule has 0 saturated carbocycles. The third kappa shape index (κ3) is 3.40. The maximum absolute atomic E-state index is 10.5. The summed E-state index contributed by atoms with van der Waals surface area (Å²) in [7, 11) is -3.35. The molecule has 0 amide bonds. The second kappa shape index (κ2) is 3.59. The van der Waals surface area contributed by atoms with Gasteiger partial charge in [0.15, 0.2) is 0 Å². The summed E-state index contributed by atoms with van der Waals surface area (Å²) < 4.78 is 22.6. The summed E-state index contributed by atoms with van der Waals surface area (Å²) in [5.74, 6) is -0.0643. The second-order valence-electron chi connectivity index (χ2n) is 2.37. The number of hydrogen-bond donors (Lipinski definition) is 2. The van der Waals surface area contributed by atoms with Crippen LogP contribution in [0.3, 0.4) is 0 Å². The van der Waals surface area contributed by atoms with Gasteiger partial charge >= 0.3 is 0 Å². The molecule has 12 heavy (non-hydrogen) atoms. The Morgan fingerprint density at radius 2 is 1.92 bits per heavy atom. The quantitative estimate of drug-likeness (QED) is 0.658. The lowest BCUT2D eigenvalue weighted by molar-refractivity contribution is 0.597. The Balaban J connectivity index is 2.29. The number of nitrogens with two attached hydrogens (primary N) is 1. The van der Waals surface area contributed by atoms with Gasteiger partial charge in [-0.15, -0.1) is 0 Å². The van der Waals surface area contributed by atoms with Crippen molar-refractivity contribution in [3.63, 3.8) is 0 Å². The molecule has 0 unspecified atom stereocenters. The Morgan fingerprint density at radius 3 is 2.42 bits per heavy atom. The van der Waals surface area contributed by atoms with Crippen molar-refractivity contribution in [3.05, 3.63) is 24.5 Å². The maximum Gasteiger partial charge on any atom is 0.210 e. The highest BCUT2D eigenvalue weighted by molar-refractivity contribution is 7.89. The lowest BCUT2D eigenvalue weighted by atomic mass is 10.7. The van der Waals surface area contributed by atoms with Crippen LogP contribution in [0.15, 0.2) is 24.5 Å². The van der Waals surface area contributed by atoms with Gasteiger partial charge in [0, 0.05) is 18.9 Å². The van der Waals surface area contributed by atoms with Crippen molar-refractivity contribution in [2.24, 2.45) is 5.14 Å². The van der Waals surface area contributed by atoms with Crippen molar-refractivity contribution in [1.82, 2.24) is 4.68 Å². The minimum atomic E-state index is -3.35. The number of aromatic nitrogens is 1. The average molecular weight is 189 g/mol. The molecular formula is C6H11N3O2S. The lowest BCUT2D eigenvalue weighted by Crippen LogP contribution is -2.25. The summed E-state index contributed by atoms with van der Waals surface area (Å²) in [6, 6.07) is 3.67. The summed E-state index contributed by atoms with van der Waals surface area (Å²) >= 11 is 0. The third-order valence-corrected chi connectivity index (χ3v) is 2.06. The van der Waals surface area contributed by atoms with Gasteiger partial charge in [0.2, 0.25) is 10.0 Å². The Labute approximate surface area is 71.2 Å². The molecule has 1 rings (SSSR count). The number of hydrogen-bond acceptors (Lipinski definition) is 3. The van der Waals surface area contributed by atoms with E-state index >= 15 is 0 Å². The van der Waals surface area contributed by atoms with Crippen LogP contribution in [0.2, 0.25) is 0 Å². The van der Waals surface area contributed by atoms with Crippen LogP contribution in [0.1, 0.15) is 0 Å². The number of nitrogens with zero attached hydrogens (tertiary/aromatic N) is 1. The van der Waals surface area contributed by atoms with Crippen molar-refractivity contribution in [2.75, 3.05) is 17.7 Å². The van der Waals surface area contributed by atoms with E-state index in [9.17, 15) is 8.42 Å². The number of nitrogens with one attached hydrogen (secondary N) is 1. The number of sulfonamides is 1. The molecule has 0 saturated heterocycles. The first-order chi connectivity index (χ1) is 5.58. The monoisotopic (exact) mass is 189 g/mol. The van der Waals surface area contributed by atoms with E-state index in [2.05, 4.69) is 5.43 Å². The lowest BCUT2D eigenvalue weighted by Gasteiger charge is -2.05. The number of primary sulfonamides is 1. The molecule has 0 aliphatic heterocycles. The van der Waals surface area contributed by atoms with Crippen molar-refractivity contribution in [3.8, 4) is 0 Å². The van der Waals surface area contributed by atoms with E-state index in [0.29, 0.717) is 6.54 Å². The largest absolute Gasteiger partial charge is 0.325 e. The standard InChI is InChI=1S/C6H11N3O2S/c7-12(10,11)6-3-8-9-4-1-2-5-9/h1-2,4-5,8H,3,6H2,(H2,7,10,11). The first-order valence-electron chi connectivity index (χ1n) is 3.45. The zero-order valence-corrected chi connectivity index (χ0v) is 7.29. The summed E-state index contributed by atoms with van der Waals surface area (Å²) in [5, 5.41) is 4.80. The first-order valence-corrected chi connectivity index (χ1v) is 5.17. The minimum Gasteiger partial charge on any atom is -0.325 e. The highest BCUT2D eigenvalue weighted by atomic mass is 32.2. The van der Waals surface area contributed by atoms with Crippen molar-refractivity contribution < 1.29 is 8.42 Å². The van der Waals surface area contributed by atoms with Gasteiger partial charge < -0.3 is 5.43 Å². The highest BCUT2D eigenvalue weighted by Gasteiger charge is 2.00. The molecule has 6 heteroatoms. The first kappa shape index (κ1) is 9.08. The van der Waals surface area contributed by atoms with E-state index in [4.69, 9.17) is 5.14 Å². The summed E-state index contributed by atoms with van der Waals surface area (Å²) in [4.78, 5) is 0. The van der Waals surface area contributed by atoms with Crippen molar-refractivity contribution in [1.29, 1.82) is 0 Å². The second-order valence-corrected chi connectivity index (χ2v) is 4.10. The normalized spacial score (nSPS) is 11.4. The number of rotatable bonds is 4. The van der Waals surface area contributed by atoms with Crippen LogP contribution in [0.4, 0.5) is 0 Å². The smallest absolute Gasteiger partial charge is 0.210 e. The Hall–Kier alpha value is -1.01. The van der Waals surface area contributed by atoms with Crippen LogP contribution < -0.4 is 10.6 Å². The molecule has 0 atom stereocenters. The van der Waals surface area contributed by atoms with Gasteiger partial charge in [-0.1, -0.05) is 0 Å². The molecule has 5 nitrogen and oxygen atoms in total. The van der Waals surface area contributed by atoms with E-state index < -0.39 is 10.0 Å². The molecule has 1 aromatic heterocycles. The molecule has 0 aromatic carbocycles. The van der Waals surface area contributed by atoms with Crippen LogP contribution in [0.5, 0.6) is 0 Å². The van der Waals surface area contributed by atoms with Gasteiger partial charge in [0.05, 0.1) is 5.75 Å². The summed E-state index contributed by atoms with van der Waals surface area (Å²) in [6.07, 6.45) is 3.56. The van der Waals surface area contributed by atoms with E-state index in [1.165, 1.54) is 0 Å². The van der Waals surface area contributed by atoms with Crippen molar-refractivity contribution in [2.45, 2.75) is 0 Å². The molecule has 1 aromatic rings. The molecule has 0 aliphatic rings. The summed E-state index contributed by atoms with van der Waals surface area (Å²) in [5.41, 5.74) is 2.84. The Bertz CT molecular complexity index is 317. The average Bonchev–Trinajstić information content (AvgIpc) is 2.36. The van der Waals surface area contributed by atoms with E-state index in [0.717, 1.165) is 0 Å². The molecular weight excluding hydrogens is 178 g/mol. The molecule has 0 fully saturated rings. The molecule has 1 heterocycles. The Kier molecular flexibility index (Phi) is 2.72. The predicted molar refractivity (Wildman–Crippen MR) is 46.6 cm³/mol. The zero-order valence-electron chi connectivity index (χ0n) is 6.47.